The molecule has 1 aromatic carbocycles. The number of hydrogen-bond donors (Lipinski definition) is 2. The summed E-state index contributed by atoms with van der Waals surface area (Å²) in [7, 11) is 0. The number of aromatic nitrogens is 3. The van der Waals surface area contributed by atoms with Crippen LogP contribution in [0.2, 0.25) is 0 Å². The number of aryl methyl sites for hydroxylation is 1. The van der Waals surface area contributed by atoms with Gasteiger partial charge < -0.3 is 10.6 Å². The lowest BCUT2D eigenvalue weighted by Gasteiger charge is -2.12. The van der Waals surface area contributed by atoms with Crippen molar-refractivity contribution in [1.82, 2.24) is 20.3 Å². The lowest BCUT2D eigenvalue weighted by Crippen LogP contribution is -2.16. The Morgan fingerprint density at radius 1 is 1.04 bits per heavy atom. The van der Waals surface area contributed by atoms with Gasteiger partial charge in [0.15, 0.2) is 0 Å². The van der Waals surface area contributed by atoms with Crippen molar-refractivity contribution in [3.8, 4) is 11.3 Å². The second-order valence-electron chi connectivity index (χ2n) is 6.14. The summed E-state index contributed by atoms with van der Waals surface area (Å²) in [6, 6.07) is 10.3. The van der Waals surface area contributed by atoms with Gasteiger partial charge in [0.2, 0.25) is 0 Å². The summed E-state index contributed by atoms with van der Waals surface area (Å²) in [6.45, 7) is 4.60. The van der Waals surface area contributed by atoms with E-state index in [9.17, 15) is 0 Å². The molecule has 0 radical (unpaired) electrons. The van der Waals surface area contributed by atoms with E-state index in [1.54, 1.807) is 11.3 Å². The van der Waals surface area contributed by atoms with Gasteiger partial charge in [-0.25, -0.2) is 15.0 Å². The first-order chi connectivity index (χ1) is 12.3. The predicted molar refractivity (Wildman–Crippen MR) is 116 cm³/mol. The van der Waals surface area contributed by atoms with Gasteiger partial charge in [-0.15, -0.1) is 36.2 Å². The van der Waals surface area contributed by atoms with Crippen molar-refractivity contribution < 1.29 is 0 Å². The van der Waals surface area contributed by atoms with Crippen LogP contribution in [0.4, 0.5) is 5.82 Å². The van der Waals surface area contributed by atoms with Crippen LogP contribution in [0.15, 0.2) is 35.7 Å². The summed E-state index contributed by atoms with van der Waals surface area (Å²) in [4.78, 5) is 14.0. The quantitative estimate of drug-likeness (QED) is 0.662. The molecule has 1 aliphatic rings. The van der Waals surface area contributed by atoms with Gasteiger partial charge in [0.05, 0.1) is 17.9 Å². The number of anilines is 1. The number of fused-ring (bicyclic) bond motifs is 1. The molecule has 0 atom stereocenters. The molecule has 0 aliphatic carbocycles. The van der Waals surface area contributed by atoms with Crippen molar-refractivity contribution in [1.29, 1.82) is 0 Å². The van der Waals surface area contributed by atoms with Crippen LogP contribution in [0, 0.1) is 6.92 Å². The highest BCUT2D eigenvalue weighted by Gasteiger charge is 2.15. The molecule has 8 heteroatoms. The fraction of sp³-hybridized carbons (Fsp3) is 0.316. The minimum absolute atomic E-state index is 0. The highest BCUT2D eigenvalue weighted by atomic mass is 35.5. The Balaban J connectivity index is 0.00000131. The molecule has 0 saturated heterocycles. The van der Waals surface area contributed by atoms with E-state index in [2.05, 4.69) is 38.1 Å². The van der Waals surface area contributed by atoms with E-state index in [1.807, 2.05) is 25.1 Å². The smallest absolute Gasteiger partial charge is 0.133 e. The first-order valence-corrected chi connectivity index (χ1v) is 9.48. The van der Waals surface area contributed by atoms with E-state index in [4.69, 9.17) is 4.98 Å². The number of thiazole rings is 1. The Bertz CT molecular complexity index is 870. The van der Waals surface area contributed by atoms with E-state index in [1.165, 1.54) is 11.3 Å². The van der Waals surface area contributed by atoms with Crippen molar-refractivity contribution >= 4 is 42.0 Å². The molecule has 0 fully saturated rings. The number of hydrogen-bond acceptors (Lipinski definition) is 6. The highest BCUT2D eigenvalue weighted by molar-refractivity contribution is 7.09. The lowest BCUT2D eigenvalue weighted by atomic mass is 10.1. The Hall–Kier alpha value is -1.73. The number of rotatable bonds is 4. The molecule has 0 unspecified atom stereocenters. The van der Waals surface area contributed by atoms with Gasteiger partial charge in [0.1, 0.15) is 16.6 Å². The SMILES string of the molecule is Cc1nc2c(c(NCc3nc(-c4ccccc4)cs3)n1)CCNCC2.Cl.Cl. The first-order valence-electron chi connectivity index (χ1n) is 8.60. The Morgan fingerprint density at radius 2 is 1.81 bits per heavy atom. The number of nitrogens with one attached hydrogen (secondary N) is 2. The van der Waals surface area contributed by atoms with Gasteiger partial charge in [-0.05, 0) is 19.9 Å². The zero-order valence-corrected chi connectivity index (χ0v) is 17.5. The molecule has 0 spiro atoms. The largest absolute Gasteiger partial charge is 0.363 e. The van der Waals surface area contributed by atoms with Crippen molar-refractivity contribution in [2.45, 2.75) is 26.3 Å². The van der Waals surface area contributed by atoms with Crippen LogP contribution >= 0.6 is 36.2 Å². The molecule has 2 aromatic heterocycles. The van der Waals surface area contributed by atoms with E-state index >= 15 is 0 Å². The molecule has 0 saturated carbocycles. The minimum atomic E-state index is 0. The third-order valence-electron chi connectivity index (χ3n) is 4.32. The van der Waals surface area contributed by atoms with Gasteiger partial charge in [-0.3, -0.25) is 0 Å². The number of nitrogens with zero attached hydrogens (tertiary/aromatic N) is 3. The summed E-state index contributed by atoms with van der Waals surface area (Å²) in [5.74, 6) is 1.79. The predicted octanol–water partition coefficient (Wildman–Crippen LogP) is 4.05. The van der Waals surface area contributed by atoms with Gasteiger partial charge in [-0.1, -0.05) is 30.3 Å². The molecule has 27 heavy (non-hydrogen) atoms. The van der Waals surface area contributed by atoms with Gasteiger partial charge in [0.25, 0.3) is 0 Å². The fourth-order valence-corrected chi connectivity index (χ4v) is 3.85. The monoisotopic (exact) mass is 423 g/mol. The van der Waals surface area contributed by atoms with Crippen LogP contribution in [0.1, 0.15) is 22.1 Å². The average molecular weight is 424 g/mol. The average Bonchev–Trinajstić information content (AvgIpc) is 2.98. The molecular formula is C19H23Cl2N5S. The van der Waals surface area contributed by atoms with Gasteiger partial charge in [0, 0.05) is 29.5 Å². The Morgan fingerprint density at radius 3 is 2.63 bits per heavy atom. The van der Waals surface area contributed by atoms with Crippen molar-refractivity contribution in [2.75, 3.05) is 18.4 Å². The molecular weight excluding hydrogens is 401 g/mol. The van der Waals surface area contributed by atoms with Crippen molar-refractivity contribution in [2.24, 2.45) is 0 Å². The molecule has 144 valence electrons. The third kappa shape index (κ3) is 5.17. The van der Waals surface area contributed by atoms with Crippen LogP contribution < -0.4 is 10.6 Å². The van der Waals surface area contributed by atoms with Crippen molar-refractivity contribution in [3.63, 3.8) is 0 Å². The van der Waals surface area contributed by atoms with Gasteiger partial charge in [-0.2, -0.15) is 0 Å². The van der Waals surface area contributed by atoms with E-state index < -0.39 is 0 Å². The maximum Gasteiger partial charge on any atom is 0.133 e. The maximum absolute atomic E-state index is 4.75. The van der Waals surface area contributed by atoms with Crippen LogP contribution in [-0.2, 0) is 19.4 Å². The molecule has 0 amide bonds. The summed E-state index contributed by atoms with van der Waals surface area (Å²) < 4.78 is 0. The molecule has 4 rings (SSSR count). The first kappa shape index (κ1) is 21.6. The van der Waals surface area contributed by atoms with Crippen LogP contribution in [-0.4, -0.2) is 28.0 Å². The molecule has 0 bridgehead atoms. The molecule has 1 aliphatic heterocycles. The second-order valence-corrected chi connectivity index (χ2v) is 7.08. The molecule has 5 nitrogen and oxygen atoms in total. The van der Waals surface area contributed by atoms with Crippen molar-refractivity contribution in [3.05, 3.63) is 57.8 Å². The summed E-state index contributed by atoms with van der Waals surface area (Å²) in [5.41, 5.74) is 4.60. The maximum atomic E-state index is 4.75. The number of benzene rings is 1. The summed E-state index contributed by atoms with van der Waals surface area (Å²) in [5, 5.41) is 10.1. The molecule has 3 heterocycles. The highest BCUT2D eigenvalue weighted by Crippen LogP contribution is 2.24. The van der Waals surface area contributed by atoms with E-state index in [0.717, 1.165) is 53.8 Å². The summed E-state index contributed by atoms with van der Waals surface area (Å²) >= 11 is 1.68. The van der Waals surface area contributed by atoms with Gasteiger partial charge >= 0.3 is 0 Å². The third-order valence-corrected chi connectivity index (χ3v) is 5.17. The van der Waals surface area contributed by atoms with Crippen LogP contribution in [0.5, 0.6) is 0 Å². The standard InChI is InChI=1S/C19H21N5S.2ClH/c1-13-22-16-8-10-20-9-7-15(16)19(23-13)21-11-18-24-17(12-25-18)14-5-3-2-4-6-14;;/h2-6,12,20H,7-11H2,1H3,(H,21,22,23);2*1H. The summed E-state index contributed by atoms with van der Waals surface area (Å²) in [6.07, 6.45) is 1.92. The van der Waals surface area contributed by atoms with Crippen LogP contribution in [0.25, 0.3) is 11.3 Å². The molecule has 2 N–H and O–H groups in total. The fourth-order valence-electron chi connectivity index (χ4n) is 3.11. The minimum Gasteiger partial charge on any atom is -0.363 e. The van der Waals surface area contributed by atoms with Crippen LogP contribution in [0.3, 0.4) is 0 Å². The topological polar surface area (TPSA) is 62.7 Å². The van der Waals surface area contributed by atoms with E-state index in [0.29, 0.717) is 6.54 Å². The Labute approximate surface area is 175 Å². The van der Waals surface area contributed by atoms with E-state index in [-0.39, 0.29) is 24.8 Å². The normalized spacial score (nSPS) is 12.9. The zero-order valence-electron chi connectivity index (χ0n) is 15.1. The Kier molecular flexibility index (Phi) is 7.98. The lowest BCUT2D eigenvalue weighted by molar-refractivity contribution is 0.708. The zero-order chi connectivity index (χ0) is 17.1. The number of halogens is 2. The molecule has 3 aromatic rings. The second kappa shape index (κ2) is 9.99.